The second kappa shape index (κ2) is 10.8. The van der Waals surface area contributed by atoms with Crippen LogP contribution in [0.3, 0.4) is 0 Å². The van der Waals surface area contributed by atoms with E-state index in [-0.39, 0.29) is 11.8 Å². The minimum absolute atomic E-state index is 0.276. The Bertz CT molecular complexity index is 784. The molecule has 0 aliphatic heterocycles. The maximum Gasteiger partial charge on any atom is 0.255 e. The van der Waals surface area contributed by atoms with Crippen molar-refractivity contribution in [2.75, 3.05) is 41.5 Å². The first kappa shape index (κ1) is 21.9. The molecule has 8 nitrogen and oxygen atoms in total. The van der Waals surface area contributed by atoms with Crippen LogP contribution < -0.4 is 29.6 Å². The Morgan fingerprint density at radius 3 is 1.45 bits per heavy atom. The highest BCUT2D eigenvalue weighted by Crippen LogP contribution is 2.31. The standard InChI is InChI=1S/C21H26N2O6/c1-26-16-10-5-8-14(18(16)28-3)20(24)22-12-7-13-23-21(25)15-9-6-11-17(27-2)19(15)29-4/h5-6,8-11H,7,12-13H2,1-4H3,(H,22,24)(H,23,25). The van der Waals surface area contributed by atoms with Crippen molar-refractivity contribution in [2.24, 2.45) is 0 Å². The molecule has 2 aromatic rings. The molecule has 0 bridgehead atoms. The van der Waals surface area contributed by atoms with Crippen molar-refractivity contribution in [1.82, 2.24) is 10.6 Å². The zero-order valence-corrected chi connectivity index (χ0v) is 17.0. The highest BCUT2D eigenvalue weighted by Gasteiger charge is 2.17. The Hall–Kier alpha value is -3.42. The number of rotatable bonds is 10. The average Bonchev–Trinajstić information content (AvgIpc) is 2.76. The Morgan fingerprint density at radius 1 is 0.690 bits per heavy atom. The van der Waals surface area contributed by atoms with Gasteiger partial charge in [-0.1, -0.05) is 12.1 Å². The van der Waals surface area contributed by atoms with Gasteiger partial charge in [0, 0.05) is 13.1 Å². The van der Waals surface area contributed by atoms with Gasteiger partial charge in [-0.05, 0) is 30.7 Å². The van der Waals surface area contributed by atoms with E-state index in [1.807, 2.05) is 0 Å². The lowest BCUT2D eigenvalue weighted by molar-refractivity contribution is 0.0948. The van der Waals surface area contributed by atoms with Crippen LogP contribution in [0.5, 0.6) is 23.0 Å². The number of carbonyl (C=O) groups excluding carboxylic acids is 2. The van der Waals surface area contributed by atoms with Gasteiger partial charge < -0.3 is 29.6 Å². The molecule has 0 unspecified atom stereocenters. The van der Waals surface area contributed by atoms with Crippen molar-refractivity contribution in [1.29, 1.82) is 0 Å². The van der Waals surface area contributed by atoms with E-state index in [4.69, 9.17) is 18.9 Å². The van der Waals surface area contributed by atoms with E-state index >= 15 is 0 Å². The third kappa shape index (κ3) is 5.31. The lowest BCUT2D eigenvalue weighted by atomic mass is 10.1. The number of benzene rings is 2. The third-order valence-electron chi connectivity index (χ3n) is 4.22. The van der Waals surface area contributed by atoms with Gasteiger partial charge in [0.15, 0.2) is 23.0 Å². The van der Waals surface area contributed by atoms with Gasteiger partial charge in [-0.25, -0.2) is 0 Å². The highest BCUT2D eigenvalue weighted by molar-refractivity contribution is 5.98. The Morgan fingerprint density at radius 2 is 1.10 bits per heavy atom. The summed E-state index contributed by atoms with van der Waals surface area (Å²) in [5.74, 6) is 1.18. The van der Waals surface area contributed by atoms with E-state index in [0.717, 1.165) is 0 Å². The molecule has 0 saturated heterocycles. The predicted molar refractivity (Wildman–Crippen MR) is 108 cm³/mol. The van der Waals surface area contributed by atoms with Crippen molar-refractivity contribution in [3.05, 3.63) is 47.5 Å². The van der Waals surface area contributed by atoms with Crippen LogP contribution in [0.15, 0.2) is 36.4 Å². The van der Waals surface area contributed by atoms with Crippen LogP contribution in [-0.4, -0.2) is 53.3 Å². The molecule has 2 N–H and O–H groups in total. The van der Waals surface area contributed by atoms with Gasteiger partial charge in [-0.3, -0.25) is 9.59 Å². The maximum atomic E-state index is 12.4. The monoisotopic (exact) mass is 402 g/mol. The molecule has 156 valence electrons. The SMILES string of the molecule is COc1cccc(C(=O)NCCCNC(=O)c2cccc(OC)c2OC)c1OC. The first-order valence-corrected chi connectivity index (χ1v) is 9.05. The molecule has 0 aromatic heterocycles. The molecule has 0 atom stereocenters. The maximum absolute atomic E-state index is 12.4. The number of hydrogen-bond donors (Lipinski definition) is 2. The number of para-hydroxylation sites is 2. The smallest absolute Gasteiger partial charge is 0.255 e. The minimum atomic E-state index is -0.276. The third-order valence-corrected chi connectivity index (χ3v) is 4.22. The first-order chi connectivity index (χ1) is 14.1. The van der Waals surface area contributed by atoms with Crippen molar-refractivity contribution in [3.8, 4) is 23.0 Å². The summed E-state index contributed by atoms with van der Waals surface area (Å²) in [6.45, 7) is 0.767. The fourth-order valence-corrected chi connectivity index (χ4v) is 2.81. The molecule has 2 amide bonds. The quantitative estimate of drug-likeness (QED) is 0.592. The fourth-order valence-electron chi connectivity index (χ4n) is 2.81. The Labute approximate surface area is 170 Å². The zero-order valence-electron chi connectivity index (χ0n) is 17.0. The molecule has 2 aromatic carbocycles. The summed E-state index contributed by atoms with van der Waals surface area (Å²) in [7, 11) is 5.99. The van der Waals surface area contributed by atoms with E-state index in [1.165, 1.54) is 28.4 Å². The summed E-state index contributed by atoms with van der Waals surface area (Å²) >= 11 is 0. The number of carbonyl (C=O) groups is 2. The summed E-state index contributed by atoms with van der Waals surface area (Å²) in [5.41, 5.74) is 0.772. The number of nitrogens with one attached hydrogen (secondary N) is 2. The zero-order chi connectivity index (χ0) is 21.2. The normalized spacial score (nSPS) is 10.1. The molecule has 29 heavy (non-hydrogen) atoms. The van der Waals surface area contributed by atoms with Crippen LogP contribution in [0.2, 0.25) is 0 Å². The van der Waals surface area contributed by atoms with E-state index in [9.17, 15) is 9.59 Å². The molecule has 0 aliphatic rings. The van der Waals surface area contributed by atoms with Crippen molar-refractivity contribution >= 4 is 11.8 Å². The molecular formula is C21H26N2O6. The van der Waals surface area contributed by atoms with Crippen LogP contribution in [0.4, 0.5) is 0 Å². The largest absolute Gasteiger partial charge is 0.493 e. The van der Waals surface area contributed by atoms with Crippen LogP contribution in [-0.2, 0) is 0 Å². The van der Waals surface area contributed by atoms with Crippen molar-refractivity contribution in [2.45, 2.75) is 6.42 Å². The molecule has 0 heterocycles. The van der Waals surface area contributed by atoms with Crippen molar-refractivity contribution < 1.29 is 28.5 Å². The van der Waals surface area contributed by atoms with E-state index in [2.05, 4.69) is 10.6 Å². The summed E-state index contributed by atoms with van der Waals surface area (Å²) in [6, 6.07) is 10.2. The van der Waals surface area contributed by atoms with E-state index in [1.54, 1.807) is 36.4 Å². The second-order valence-electron chi connectivity index (χ2n) is 5.95. The lowest BCUT2D eigenvalue weighted by Gasteiger charge is -2.13. The molecule has 2 rings (SSSR count). The van der Waals surface area contributed by atoms with Gasteiger partial charge in [0.25, 0.3) is 11.8 Å². The molecule has 0 saturated carbocycles. The molecule has 0 aliphatic carbocycles. The number of ether oxygens (including phenoxy) is 4. The summed E-state index contributed by atoms with van der Waals surface area (Å²) in [4.78, 5) is 24.8. The van der Waals surface area contributed by atoms with Crippen LogP contribution in [0.25, 0.3) is 0 Å². The molecule has 0 radical (unpaired) electrons. The topological polar surface area (TPSA) is 95.1 Å². The molecular weight excluding hydrogens is 376 g/mol. The minimum Gasteiger partial charge on any atom is -0.493 e. The number of amides is 2. The van der Waals surface area contributed by atoms with E-state index < -0.39 is 0 Å². The first-order valence-electron chi connectivity index (χ1n) is 9.05. The Kier molecular flexibility index (Phi) is 8.14. The van der Waals surface area contributed by atoms with Gasteiger partial charge in [0.2, 0.25) is 0 Å². The lowest BCUT2D eigenvalue weighted by Crippen LogP contribution is -2.30. The Balaban J connectivity index is 1.86. The van der Waals surface area contributed by atoms with Crippen LogP contribution in [0.1, 0.15) is 27.1 Å². The summed E-state index contributed by atoms with van der Waals surface area (Å²) in [6.07, 6.45) is 0.552. The van der Waals surface area contributed by atoms with E-state index in [0.29, 0.717) is 53.6 Å². The van der Waals surface area contributed by atoms with Gasteiger partial charge in [0.1, 0.15) is 0 Å². The summed E-state index contributed by atoms with van der Waals surface area (Å²) in [5, 5.41) is 5.62. The fraction of sp³-hybridized carbons (Fsp3) is 0.333. The molecule has 0 spiro atoms. The van der Waals surface area contributed by atoms with Crippen LogP contribution >= 0.6 is 0 Å². The predicted octanol–water partition coefficient (Wildman–Crippen LogP) is 2.27. The van der Waals surface area contributed by atoms with Gasteiger partial charge in [-0.2, -0.15) is 0 Å². The highest BCUT2D eigenvalue weighted by atomic mass is 16.5. The van der Waals surface area contributed by atoms with Gasteiger partial charge >= 0.3 is 0 Å². The van der Waals surface area contributed by atoms with Crippen molar-refractivity contribution in [3.63, 3.8) is 0 Å². The molecule has 8 heteroatoms. The summed E-state index contributed by atoms with van der Waals surface area (Å²) < 4.78 is 20.9. The average molecular weight is 402 g/mol. The number of methoxy groups -OCH3 is 4. The molecule has 0 fully saturated rings. The van der Waals surface area contributed by atoms with Gasteiger partial charge in [-0.15, -0.1) is 0 Å². The van der Waals surface area contributed by atoms with Crippen LogP contribution in [0, 0.1) is 0 Å². The number of hydrogen-bond acceptors (Lipinski definition) is 6. The van der Waals surface area contributed by atoms with Gasteiger partial charge in [0.05, 0.1) is 39.6 Å². The second-order valence-corrected chi connectivity index (χ2v) is 5.95.